The summed E-state index contributed by atoms with van der Waals surface area (Å²) in [6.07, 6.45) is 6.68. The molecular formula is C23H18ClN7O. The zero-order chi connectivity index (χ0) is 22.1. The van der Waals surface area contributed by atoms with Gasteiger partial charge in [-0.3, -0.25) is 19.6 Å². The average Bonchev–Trinajstić information content (AvgIpc) is 3.40. The van der Waals surface area contributed by atoms with Crippen molar-refractivity contribution in [1.29, 1.82) is 0 Å². The van der Waals surface area contributed by atoms with E-state index in [2.05, 4.69) is 25.6 Å². The first kappa shape index (κ1) is 19.8. The van der Waals surface area contributed by atoms with E-state index in [1.165, 1.54) is 0 Å². The number of nitrogens with two attached hydrogens (primary N) is 1. The molecule has 9 heteroatoms. The van der Waals surface area contributed by atoms with E-state index < -0.39 is 0 Å². The topological polar surface area (TPSA) is 115 Å². The highest BCUT2D eigenvalue weighted by Gasteiger charge is 2.16. The molecule has 0 aliphatic rings. The smallest absolute Gasteiger partial charge is 0.276 e. The molecule has 2 aromatic carbocycles. The number of halogens is 1. The van der Waals surface area contributed by atoms with Crippen molar-refractivity contribution in [2.75, 3.05) is 11.1 Å². The van der Waals surface area contributed by atoms with E-state index in [1.807, 2.05) is 48.5 Å². The maximum absolute atomic E-state index is 12.8. The Bertz CT molecular complexity index is 1440. The van der Waals surface area contributed by atoms with Gasteiger partial charge in [0.1, 0.15) is 0 Å². The second kappa shape index (κ2) is 8.16. The standard InChI is InChI=1S/C23H18ClN7O/c24-17-7-16(9-26-10-17)15-4-5-20-21(8-15)29-30-22(20)23(32)28-19-11-27-31(13-19)12-14-2-1-3-18(25)6-14/h1-11,13H,12,25H2,(H,28,32)(H,29,30). The number of aromatic nitrogens is 5. The zero-order valence-electron chi connectivity index (χ0n) is 16.8. The van der Waals surface area contributed by atoms with Crippen LogP contribution in [0.3, 0.4) is 0 Å². The molecule has 0 fully saturated rings. The molecule has 5 rings (SSSR count). The first-order valence-corrected chi connectivity index (χ1v) is 10.2. The fraction of sp³-hybridized carbons (Fsp3) is 0.0435. The maximum atomic E-state index is 12.8. The molecule has 0 saturated carbocycles. The quantitative estimate of drug-likeness (QED) is 0.349. The number of amides is 1. The average molecular weight is 444 g/mol. The monoisotopic (exact) mass is 443 g/mol. The van der Waals surface area contributed by atoms with E-state index in [9.17, 15) is 4.79 Å². The number of nitrogen functional groups attached to an aromatic ring is 1. The summed E-state index contributed by atoms with van der Waals surface area (Å²) >= 11 is 6.04. The summed E-state index contributed by atoms with van der Waals surface area (Å²) in [6, 6.07) is 15.1. The van der Waals surface area contributed by atoms with Gasteiger partial charge in [0.2, 0.25) is 0 Å². The summed E-state index contributed by atoms with van der Waals surface area (Å²) in [5, 5.41) is 15.6. The lowest BCUT2D eigenvalue weighted by Crippen LogP contribution is -2.12. The van der Waals surface area contributed by atoms with Crippen LogP contribution in [0.4, 0.5) is 11.4 Å². The number of nitrogens with one attached hydrogen (secondary N) is 2. The van der Waals surface area contributed by atoms with Crippen molar-refractivity contribution in [1.82, 2.24) is 25.0 Å². The number of aromatic amines is 1. The minimum absolute atomic E-state index is 0.305. The number of carbonyl (C=O) groups excluding carboxylic acids is 1. The molecule has 3 heterocycles. The summed E-state index contributed by atoms with van der Waals surface area (Å²) in [7, 11) is 0. The first-order valence-electron chi connectivity index (χ1n) is 9.82. The van der Waals surface area contributed by atoms with Gasteiger partial charge in [-0.25, -0.2) is 0 Å². The van der Waals surface area contributed by atoms with Gasteiger partial charge in [0.05, 0.1) is 29.0 Å². The SMILES string of the molecule is Nc1cccc(Cn2cc(NC(=O)c3n[nH]c4cc(-c5cncc(Cl)c5)ccc34)cn2)c1. The van der Waals surface area contributed by atoms with Gasteiger partial charge in [0, 0.05) is 35.2 Å². The molecule has 0 bridgehead atoms. The summed E-state index contributed by atoms with van der Waals surface area (Å²) in [5.74, 6) is -0.322. The second-order valence-corrected chi connectivity index (χ2v) is 7.79. The van der Waals surface area contributed by atoms with Gasteiger partial charge in [0.25, 0.3) is 5.91 Å². The van der Waals surface area contributed by atoms with Gasteiger partial charge >= 0.3 is 0 Å². The van der Waals surface area contributed by atoms with Crippen LogP contribution < -0.4 is 11.1 Å². The molecule has 0 atom stereocenters. The molecule has 5 aromatic rings. The summed E-state index contributed by atoms with van der Waals surface area (Å²) in [4.78, 5) is 16.9. The predicted molar refractivity (Wildman–Crippen MR) is 124 cm³/mol. The largest absolute Gasteiger partial charge is 0.399 e. The predicted octanol–water partition coefficient (Wildman–Crippen LogP) is 4.36. The van der Waals surface area contributed by atoms with E-state index in [0.717, 1.165) is 22.2 Å². The van der Waals surface area contributed by atoms with Crippen molar-refractivity contribution in [3.05, 3.63) is 89.6 Å². The van der Waals surface area contributed by atoms with Gasteiger partial charge < -0.3 is 11.1 Å². The Morgan fingerprint density at radius 2 is 2.00 bits per heavy atom. The fourth-order valence-corrected chi connectivity index (χ4v) is 3.70. The second-order valence-electron chi connectivity index (χ2n) is 7.35. The van der Waals surface area contributed by atoms with Crippen LogP contribution in [0.25, 0.3) is 22.0 Å². The van der Waals surface area contributed by atoms with Crippen molar-refractivity contribution in [2.24, 2.45) is 0 Å². The molecular weight excluding hydrogens is 426 g/mol. The van der Waals surface area contributed by atoms with Crippen LogP contribution in [0.5, 0.6) is 0 Å². The van der Waals surface area contributed by atoms with Gasteiger partial charge in [-0.15, -0.1) is 0 Å². The Labute approximate surface area is 188 Å². The number of H-pyrrole nitrogens is 1. The molecule has 8 nitrogen and oxygen atoms in total. The summed E-state index contributed by atoms with van der Waals surface area (Å²) in [5.41, 5.74) is 11.0. The van der Waals surface area contributed by atoms with Crippen molar-refractivity contribution in [3.8, 4) is 11.1 Å². The van der Waals surface area contributed by atoms with Crippen LogP contribution in [-0.2, 0) is 6.54 Å². The molecule has 0 spiro atoms. The highest BCUT2D eigenvalue weighted by atomic mass is 35.5. The first-order chi connectivity index (χ1) is 15.5. The summed E-state index contributed by atoms with van der Waals surface area (Å²) < 4.78 is 1.73. The van der Waals surface area contributed by atoms with Crippen LogP contribution in [0.1, 0.15) is 16.1 Å². The van der Waals surface area contributed by atoms with E-state index in [-0.39, 0.29) is 5.91 Å². The minimum Gasteiger partial charge on any atom is -0.399 e. The Hall–Kier alpha value is -4.17. The Kier molecular flexibility index (Phi) is 5.04. The molecule has 158 valence electrons. The van der Waals surface area contributed by atoms with E-state index in [1.54, 1.807) is 29.5 Å². The fourth-order valence-electron chi connectivity index (χ4n) is 3.53. The van der Waals surface area contributed by atoms with Crippen LogP contribution in [0, 0.1) is 0 Å². The molecule has 0 radical (unpaired) electrons. The molecule has 0 aliphatic carbocycles. The normalized spacial score (nSPS) is 11.0. The Morgan fingerprint density at radius 1 is 1.09 bits per heavy atom. The highest BCUT2D eigenvalue weighted by Crippen LogP contribution is 2.26. The number of carbonyl (C=O) groups is 1. The molecule has 1 amide bonds. The lowest BCUT2D eigenvalue weighted by atomic mass is 10.1. The number of nitrogens with zero attached hydrogens (tertiary/aromatic N) is 4. The third-order valence-electron chi connectivity index (χ3n) is 5.00. The van der Waals surface area contributed by atoms with Crippen molar-refractivity contribution in [2.45, 2.75) is 6.54 Å². The number of benzene rings is 2. The van der Waals surface area contributed by atoms with Crippen LogP contribution >= 0.6 is 11.6 Å². The van der Waals surface area contributed by atoms with Crippen molar-refractivity contribution >= 4 is 39.8 Å². The lowest BCUT2D eigenvalue weighted by molar-refractivity contribution is 0.102. The van der Waals surface area contributed by atoms with Crippen molar-refractivity contribution in [3.63, 3.8) is 0 Å². The number of hydrogen-bond donors (Lipinski definition) is 3. The van der Waals surface area contributed by atoms with Gasteiger partial charge in [-0.2, -0.15) is 10.2 Å². The zero-order valence-corrected chi connectivity index (χ0v) is 17.5. The van der Waals surface area contributed by atoms with Crippen LogP contribution in [0.15, 0.2) is 73.3 Å². The van der Waals surface area contributed by atoms with Gasteiger partial charge in [0.15, 0.2) is 5.69 Å². The Balaban J connectivity index is 1.33. The highest BCUT2D eigenvalue weighted by molar-refractivity contribution is 6.30. The van der Waals surface area contributed by atoms with E-state index in [0.29, 0.717) is 34.0 Å². The van der Waals surface area contributed by atoms with Gasteiger partial charge in [-0.1, -0.05) is 29.8 Å². The molecule has 32 heavy (non-hydrogen) atoms. The number of anilines is 2. The van der Waals surface area contributed by atoms with E-state index in [4.69, 9.17) is 17.3 Å². The summed E-state index contributed by atoms with van der Waals surface area (Å²) in [6.45, 7) is 0.549. The van der Waals surface area contributed by atoms with Crippen LogP contribution in [0.2, 0.25) is 5.02 Å². The number of pyridine rings is 1. The molecule has 3 aromatic heterocycles. The number of hydrogen-bond acceptors (Lipinski definition) is 5. The number of rotatable bonds is 5. The van der Waals surface area contributed by atoms with E-state index >= 15 is 0 Å². The Morgan fingerprint density at radius 3 is 2.84 bits per heavy atom. The molecule has 0 aliphatic heterocycles. The minimum atomic E-state index is -0.322. The maximum Gasteiger partial charge on any atom is 0.276 e. The lowest BCUT2D eigenvalue weighted by Gasteiger charge is -2.03. The van der Waals surface area contributed by atoms with Gasteiger partial charge in [-0.05, 0) is 41.5 Å². The van der Waals surface area contributed by atoms with Crippen LogP contribution in [-0.4, -0.2) is 30.9 Å². The molecule has 4 N–H and O–H groups in total. The third-order valence-corrected chi connectivity index (χ3v) is 5.21. The number of fused-ring (bicyclic) bond motifs is 1. The molecule has 0 unspecified atom stereocenters. The van der Waals surface area contributed by atoms with Crippen molar-refractivity contribution < 1.29 is 4.79 Å². The molecule has 0 saturated heterocycles. The third kappa shape index (κ3) is 4.03.